The second-order valence-electron chi connectivity index (χ2n) is 4.72. The number of hydrazone groups is 1. The van der Waals surface area contributed by atoms with Gasteiger partial charge in [-0.25, -0.2) is 9.82 Å². The summed E-state index contributed by atoms with van der Waals surface area (Å²) >= 11 is 0. The lowest BCUT2D eigenvalue weighted by molar-refractivity contribution is -0.129. The maximum Gasteiger partial charge on any atom is 0.249 e. The summed E-state index contributed by atoms with van der Waals surface area (Å²) < 4.78 is 12.7. The number of amides is 2. The smallest absolute Gasteiger partial charge is 0.249 e. The Morgan fingerprint density at radius 1 is 1.25 bits per heavy atom. The molecule has 0 fully saturated rings. The van der Waals surface area contributed by atoms with Gasteiger partial charge in [0, 0.05) is 6.54 Å². The van der Waals surface area contributed by atoms with E-state index in [4.69, 9.17) is 0 Å². The number of hydrogen-bond acceptors (Lipinski definition) is 3. The van der Waals surface area contributed by atoms with Crippen LogP contribution in [0, 0.1) is 11.7 Å². The molecule has 1 aromatic rings. The van der Waals surface area contributed by atoms with Crippen molar-refractivity contribution in [2.24, 2.45) is 11.0 Å². The first-order chi connectivity index (χ1) is 9.47. The van der Waals surface area contributed by atoms with E-state index in [1.807, 2.05) is 13.8 Å². The summed E-state index contributed by atoms with van der Waals surface area (Å²) in [6.45, 7) is 4.46. The van der Waals surface area contributed by atoms with Gasteiger partial charge in [0.15, 0.2) is 0 Å². The molecule has 1 rings (SSSR count). The molecule has 20 heavy (non-hydrogen) atoms. The minimum absolute atomic E-state index is 0.270. The molecule has 0 aliphatic rings. The summed E-state index contributed by atoms with van der Waals surface area (Å²) in [7, 11) is 0. The van der Waals surface area contributed by atoms with Gasteiger partial charge in [0.1, 0.15) is 12.2 Å². The SMILES string of the molecule is CC(C)CNC(=O)CC(=O)N/N=C/c1ccc(F)cc1. The van der Waals surface area contributed by atoms with Crippen LogP contribution in [-0.4, -0.2) is 24.6 Å². The molecule has 2 amide bonds. The van der Waals surface area contributed by atoms with Crippen LogP contribution in [0.3, 0.4) is 0 Å². The molecule has 0 saturated heterocycles. The van der Waals surface area contributed by atoms with Crippen molar-refractivity contribution in [3.05, 3.63) is 35.6 Å². The Bertz CT molecular complexity index is 484. The van der Waals surface area contributed by atoms with Gasteiger partial charge in [0.2, 0.25) is 11.8 Å². The Kier molecular flexibility index (Phi) is 6.36. The highest BCUT2D eigenvalue weighted by atomic mass is 19.1. The van der Waals surface area contributed by atoms with Crippen molar-refractivity contribution in [1.29, 1.82) is 0 Å². The Morgan fingerprint density at radius 2 is 1.90 bits per heavy atom. The topological polar surface area (TPSA) is 70.6 Å². The Labute approximate surface area is 117 Å². The molecule has 0 radical (unpaired) electrons. The molecule has 0 atom stereocenters. The number of nitrogens with one attached hydrogen (secondary N) is 2. The maximum absolute atomic E-state index is 12.7. The molecule has 108 valence electrons. The zero-order valence-electron chi connectivity index (χ0n) is 11.5. The van der Waals surface area contributed by atoms with E-state index in [9.17, 15) is 14.0 Å². The molecule has 0 spiro atoms. The molecule has 0 aliphatic carbocycles. The van der Waals surface area contributed by atoms with Crippen molar-refractivity contribution in [3.63, 3.8) is 0 Å². The van der Waals surface area contributed by atoms with E-state index in [0.717, 1.165) is 0 Å². The first kappa shape index (κ1) is 15.8. The predicted molar refractivity (Wildman–Crippen MR) is 74.6 cm³/mol. The Morgan fingerprint density at radius 3 is 2.50 bits per heavy atom. The molecule has 0 aromatic heterocycles. The van der Waals surface area contributed by atoms with Crippen LogP contribution in [0.2, 0.25) is 0 Å². The second-order valence-corrected chi connectivity index (χ2v) is 4.72. The van der Waals surface area contributed by atoms with E-state index in [2.05, 4.69) is 15.8 Å². The number of benzene rings is 1. The minimum Gasteiger partial charge on any atom is -0.355 e. The van der Waals surface area contributed by atoms with Crippen molar-refractivity contribution >= 4 is 18.0 Å². The van der Waals surface area contributed by atoms with Crippen LogP contribution in [0.15, 0.2) is 29.4 Å². The van der Waals surface area contributed by atoms with Crippen LogP contribution < -0.4 is 10.7 Å². The highest BCUT2D eigenvalue weighted by Gasteiger charge is 2.08. The lowest BCUT2D eigenvalue weighted by atomic mass is 10.2. The largest absolute Gasteiger partial charge is 0.355 e. The van der Waals surface area contributed by atoms with Crippen LogP contribution in [0.25, 0.3) is 0 Å². The molecule has 0 saturated carbocycles. The van der Waals surface area contributed by atoms with Gasteiger partial charge in [0.05, 0.1) is 6.21 Å². The zero-order chi connectivity index (χ0) is 15.0. The molecule has 0 bridgehead atoms. The third-order valence-corrected chi connectivity index (χ3v) is 2.30. The molecule has 2 N–H and O–H groups in total. The van der Waals surface area contributed by atoms with Gasteiger partial charge in [-0.1, -0.05) is 26.0 Å². The van der Waals surface area contributed by atoms with E-state index in [0.29, 0.717) is 18.0 Å². The molecular formula is C14H18FN3O2. The van der Waals surface area contributed by atoms with Gasteiger partial charge < -0.3 is 5.32 Å². The van der Waals surface area contributed by atoms with E-state index in [1.54, 1.807) is 0 Å². The molecule has 0 unspecified atom stereocenters. The minimum atomic E-state index is -0.496. The number of halogens is 1. The monoisotopic (exact) mass is 279 g/mol. The first-order valence-corrected chi connectivity index (χ1v) is 6.31. The van der Waals surface area contributed by atoms with Gasteiger partial charge in [-0.05, 0) is 23.6 Å². The summed E-state index contributed by atoms with van der Waals surface area (Å²) in [5.41, 5.74) is 2.89. The fraction of sp³-hybridized carbons (Fsp3) is 0.357. The summed E-state index contributed by atoms with van der Waals surface area (Å²) in [5.74, 6) is -0.843. The third kappa shape index (κ3) is 6.63. The summed E-state index contributed by atoms with van der Waals surface area (Å²) in [5, 5.41) is 6.33. The third-order valence-electron chi connectivity index (χ3n) is 2.30. The number of nitrogens with zero attached hydrogens (tertiary/aromatic N) is 1. The normalized spacial score (nSPS) is 10.8. The van der Waals surface area contributed by atoms with E-state index in [-0.39, 0.29) is 18.1 Å². The standard InChI is InChI=1S/C14H18FN3O2/c1-10(2)8-16-13(19)7-14(20)18-17-9-11-3-5-12(15)6-4-11/h3-6,9-10H,7-8H2,1-2H3,(H,16,19)(H,18,20)/b17-9+. The number of carbonyl (C=O) groups is 2. The average Bonchev–Trinajstić information content (AvgIpc) is 2.38. The molecule has 6 heteroatoms. The van der Waals surface area contributed by atoms with Crippen LogP contribution >= 0.6 is 0 Å². The van der Waals surface area contributed by atoms with Gasteiger partial charge in [-0.2, -0.15) is 5.10 Å². The van der Waals surface area contributed by atoms with Gasteiger partial charge in [0.25, 0.3) is 0 Å². The van der Waals surface area contributed by atoms with Crippen LogP contribution in [0.5, 0.6) is 0 Å². The van der Waals surface area contributed by atoms with E-state index in [1.165, 1.54) is 30.5 Å². The van der Waals surface area contributed by atoms with Crippen LogP contribution in [-0.2, 0) is 9.59 Å². The Balaban J connectivity index is 2.32. The molecule has 0 heterocycles. The van der Waals surface area contributed by atoms with Gasteiger partial charge in [-0.15, -0.1) is 0 Å². The van der Waals surface area contributed by atoms with Crippen molar-refractivity contribution in [3.8, 4) is 0 Å². The zero-order valence-corrected chi connectivity index (χ0v) is 11.5. The van der Waals surface area contributed by atoms with E-state index < -0.39 is 5.91 Å². The fourth-order valence-electron chi connectivity index (χ4n) is 1.29. The summed E-state index contributed by atoms with van der Waals surface area (Å²) in [4.78, 5) is 22.8. The molecule has 0 aliphatic heterocycles. The summed E-state index contributed by atoms with van der Waals surface area (Å²) in [6.07, 6.45) is 1.11. The highest BCUT2D eigenvalue weighted by Crippen LogP contribution is 1.99. The van der Waals surface area contributed by atoms with Crippen LogP contribution in [0.4, 0.5) is 4.39 Å². The van der Waals surface area contributed by atoms with Crippen molar-refractivity contribution in [2.45, 2.75) is 20.3 Å². The first-order valence-electron chi connectivity index (χ1n) is 6.31. The number of carbonyl (C=O) groups excluding carboxylic acids is 2. The number of rotatable bonds is 6. The lowest BCUT2D eigenvalue weighted by Gasteiger charge is -2.06. The summed E-state index contributed by atoms with van der Waals surface area (Å²) in [6, 6.07) is 5.64. The van der Waals surface area contributed by atoms with Crippen molar-refractivity contribution in [2.75, 3.05) is 6.54 Å². The van der Waals surface area contributed by atoms with Crippen molar-refractivity contribution in [1.82, 2.24) is 10.7 Å². The van der Waals surface area contributed by atoms with Gasteiger partial charge >= 0.3 is 0 Å². The van der Waals surface area contributed by atoms with Crippen LogP contribution in [0.1, 0.15) is 25.8 Å². The predicted octanol–water partition coefficient (Wildman–Crippen LogP) is 1.44. The molecule has 5 nitrogen and oxygen atoms in total. The van der Waals surface area contributed by atoms with E-state index >= 15 is 0 Å². The maximum atomic E-state index is 12.7. The van der Waals surface area contributed by atoms with Crippen molar-refractivity contribution < 1.29 is 14.0 Å². The fourth-order valence-corrected chi connectivity index (χ4v) is 1.29. The second kappa shape index (κ2) is 8.04. The van der Waals surface area contributed by atoms with Gasteiger partial charge in [-0.3, -0.25) is 9.59 Å². The lowest BCUT2D eigenvalue weighted by Crippen LogP contribution is -2.32. The average molecular weight is 279 g/mol. The molecule has 1 aromatic carbocycles. The highest BCUT2D eigenvalue weighted by molar-refractivity contribution is 5.97. The number of hydrogen-bond donors (Lipinski definition) is 2. The quantitative estimate of drug-likeness (QED) is 0.470. The molecular weight excluding hydrogens is 261 g/mol. The Hall–Kier alpha value is -2.24.